The predicted molar refractivity (Wildman–Crippen MR) is 129 cm³/mol. The highest BCUT2D eigenvalue weighted by Gasteiger charge is 2.51. The molecular weight excluding hydrogens is 444 g/mol. The summed E-state index contributed by atoms with van der Waals surface area (Å²) >= 11 is 0. The summed E-state index contributed by atoms with van der Waals surface area (Å²) in [5.41, 5.74) is 1.53. The van der Waals surface area contributed by atoms with Gasteiger partial charge in [-0.05, 0) is 69.3 Å². The average Bonchev–Trinajstić information content (AvgIpc) is 2.81. The van der Waals surface area contributed by atoms with Crippen LogP contribution in [0.25, 0.3) is 0 Å². The molecule has 6 rings (SSSR count). The van der Waals surface area contributed by atoms with Crippen LogP contribution in [0.15, 0.2) is 48.5 Å². The standard InChI is InChI=1S/C28H30N2O5/c1-17-6-8-21(9-7-17)25(32)22-4-2-3-5-23(22)26(33)35-16-24(31)29-27(34)30-28-13-18-10-19(14-28)12-20(11-18)15-28/h2-9,18-20H,10-16H2,1H3,(H2,29,30,31,34). The van der Waals surface area contributed by atoms with Crippen LogP contribution in [0.3, 0.4) is 0 Å². The van der Waals surface area contributed by atoms with Crippen molar-refractivity contribution in [1.29, 1.82) is 0 Å². The number of nitrogens with one attached hydrogen (secondary N) is 2. The Labute approximate surface area is 204 Å². The molecule has 0 radical (unpaired) electrons. The van der Waals surface area contributed by atoms with Crippen LogP contribution in [-0.4, -0.2) is 35.8 Å². The molecule has 0 spiro atoms. The molecule has 0 aliphatic heterocycles. The van der Waals surface area contributed by atoms with Crippen molar-refractivity contribution in [3.8, 4) is 0 Å². The summed E-state index contributed by atoms with van der Waals surface area (Å²) in [6, 6.07) is 12.9. The number of hydrogen-bond donors (Lipinski definition) is 2. The van der Waals surface area contributed by atoms with Gasteiger partial charge in [0.15, 0.2) is 12.4 Å². The molecule has 0 saturated heterocycles. The fraction of sp³-hybridized carbons (Fsp3) is 0.429. The maximum Gasteiger partial charge on any atom is 0.339 e. The number of ketones is 1. The van der Waals surface area contributed by atoms with Crippen molar-refractivity contribution in [1.82, 2.24) is 10.6 Å². The van der Waals surface area contributed by atoms with Crippen molar-refractivity contribution >= 4 is 23.7 Å². The Morgan fingerprint density at radius 2 is 1.43 bits per heavy atom. The third-order valence-corrected chi connectivity index (χ3v) is 7.71. The molecule has 0 heterocycles. The van der Waals surface area contributed by atoms with Crippen molar-refractivity contribution in [2.75, 3.05) is 6.61 Å². The van der Waals surface area contributed by atoms with Gasteiger partial charge in [0, 0.05) is 16.7 Å². The van der Waals surface area contributed by atoms with E-state index in [2.05, 4.69) is 10.6 Å². The van der Waals surface area contributed by atoms with Crippen LogP contribution in [0, 0.1) is 24.7 Å². The molecule has 4 aliphatic rings. The van der Waals surface area contributed by atoms with E-state index < -0.39 is 24.5 Å². The van der Waals surface area contributed by atoms with E-state index in [0.29, 0.717) is 23.3 Å². The highest BCUT2D eigenvalue weighted by atomic mass is 16.5. The van der Waals surface area contributed by atoms with Gasteiger partial charge in [0.05, 0.1) is 5.56 Å². The van der Waals surface area contributed by atoms with Crippen LogP contribution >= 0.6 is 0 Å². The number of benzene rings is 2. The van der Waals surface area contributed by atoms with Gasteiger partial charge in [-0.25, -0.2) is 9.59 Å². The van der Waals surface area contributed by atoms with Gasteiger partial charge in [-0.3, -0.25) is 14.9 Å². The maximum atomic E-state index is 12.9. The molecule has 7 nitrogen and oxygen atoms in total. The Bertz CT molecular complexity index is 1130. The van der Waals surface area contributed by atoms with Crippen LogP contribution in [0.4, 0.5) is 4.79 Å². The van der Waals surface area contributed by atoms with Crippen molar-refractivity contribution in [2.24, 2.45) is 17.8 Å². The quantitative estimate of drug-likeness (QED) is 0.483. The molecule has 2 N–H and O–H groups in total. The number of amides is 3. The Morgan fingerprint density at radius 3 is 2.03 bits per heavy atom. The molecule has 4 bridgehead atoms. The molecule has 7 heteroatoms. The van der Waals surface area contributed by atoms with E-state index in [4.69, 9.17) is 4.74 Å². The van der Waals surface area contributed by atoms with E-state index in [1.165, 1.54) is 25.3 Å². The topological polar surface area (TPSA) is 102 Å². The van der Waals surface area contributed by atoms with Gasteiger partial charge >= 0.3 is 12.0 Å². The van der Waals surface area contributed by atoms with Gasteiger partial charge in [0.25, 0.3) is 5.91 Å². The Morgan fingerprint density at radius 1 is 0.857 bits per heavy atom. The molecule has 182 valence electrons. The summed E-state index contributed by atoms with van der Waals surface area (Å²) in [7, 11) is 0. The summed E-state index contributed by atoms with van der Waals surface area (Å²) in [6.45, 7) is 1.31. The van der Waals surface area contributed by atoms with Gasteiger partial charge in [-0.2, -0.15) is 0 Å². The van der Waals surface area contributed by atoms with Crippen LogP contribution in [0.1, 0.15) is 70.4 Å². The summed E-state index contributed by atoms with van der Waals surface area (Å²) < 4.78 is 5.15. The first-order valence-corrected chi connectivity index (χ1v) is 12.3. The van der Waals surface area contributed by atoms with Gasteiger partial charge in [0.2, 0.25) is 0 Å². The van der Waals surface area contributed by atoms with Gasteiger partial charge in [-0.1, -0.05) is 48.0 Å². The minimum Gasteiger partial charge on any atom is -0.452 e. The molecule has 35 heavy (non-hydrogen) atoms. The first-order chi connectivity index (χ1) is 16.8. The monoisotopic (exact) mass is 474 g/mol. The smallest absolute Gasteiger partial charge is 0.339 e. The molecule has 3 amide bonds. The number of urea groups is 1. The SMILES string of the molecule is Cc1ccc(C(=O)c2ccccc2C(=O)OCC(=O)NC(=O)NC23CC4CC(CC(C4)C2)C3)cc1. The van der Waals surface area contributed by atoms with E-state index in [1.54, 1.807) is 30.3 Å². The third-order valence-electron chi connectivity index (χ3n) is 7.71. The number of carbonyl (C=O) groups is 4. The lowest BCUT2D eigenvalue weighted by molar-refractivity contribution is -0.123. The summed E-state index contributed by atoms with van der Waals surface area (Å²) in [4.78, 5) is 50.5. The zero-order valence-electron chi connectivity index (χ0n) is 19.8. The lowest BCUT2D eigenvalue weighted by atomic mass is 9.53. The van der Waals surface area contributed by atoms with E-state index in [9.17, 15) is 19.2 Å². The largest absolute Gasteiger partial charge is 0.452 e. The molecule has 0 atom stereocenters. The normalized spacial score (nSPS) is 26.1. The lowest BCUT2D eigenvalue weighted by Gasteiger charge is -2.56. The van der Waals surface area contributed by atoms with Crippen LogP contribution < -0.4 is 10.6 Å². The number of carbonyl (C=O) groups excluding carboxylic acids is 4. The molecule has 4 fully saturated rings. The van der Waals surface area contributed by atoms with E-state index >= 15 is 0 Å². The molecular formula is C28H30N2O5. The Hall–Kier alpha value is -3.48. The van der Waals surface area contributed by atoms with Crippen molar-refractivity contribution in [2.45, 2.75) is 51.0 Å². The van der Waals surface area contributed by atoms with Gasteiger partial charge in [0.1, 0.15) is 0 Å². The van der Waals surface area contributed by atoms with Crippen molar-refractivity contribution < 1.29 is 23.9 Å². The van der Waals surface area contributed by atoms with Crippen molar-refractivity contribution in [3.05, 3.63) is 70.8 Å². The zero-order valence-corrected chi connectivity index (χ0v) is 19.8. The van der Waals surface area contributed by atoms with Crippen LogP contribution in [-0.2, 0) is 9.53 Å². The summed E-state index contributed by atoms with van der Waals surface area (Å²) in [6.07, 6.45) is 6.69. The number of ether oxygens (including phenoxy) is 1. The Kier molecular flexibility index (Phi) is 6.17. The van der Waals surface area contributed by atoms with Crippen molar-refractivity contribution in [3.63, 3.8) is 0 Å². The van der Waals surface area contributed by atoms with Gasteiger partial charge < -0.3 is 10.1 Å². The molecule has 0 aromatic heterocycles. The highest BCUT2D eigenvalue weighted by molar-refractivity contribution is 6.14. The lowest BCUT2D eigenvalue weighted by Crippen LogP contribution is -2.62. The molecule has 4 aliphatic carbocycles. The second-order valence-corrected chi connectivity index (χ2v) is 10.5. The van der Waals surface area contributed by atoms with E-state index in [0.717, 1.165) is 24.8 Å². The minimum atomic E-state index is -0.794. The second-order valence-electron chi connectivity index (χ2n) is 10.5. The number of imide groups is 1. The highest BCUT2D eigenvalue weighted by Crippen LogP contribution is 2.55. The molecule has 2 aromatic rings. The average molecular weight is 475 g/mol. The number of aryl methyl sites for hydroxylation is 1. The Balaban J connectivity index is 1.16. The number of hydrogen-bond acceptors (Lipinski definition) is 5. The summed E-state index contributed by atoms with van der Waals surface area (Å²) in [5.74, 6) is 0.195. The number of esters is 1. The van der Waals surface area contributed by atoms with E-state index in [1.807, 2.05) is 19.1 Å². The van der Waals surface area contributed by atoms with E-state index in [-0.39, 0.29) is 22.4 Å². The fourth-order valence-electron chi connectivity index (χ4n) is 6.63. The first kappa shape index (κ1) is 23.3. The molecule has 0 unspecified atom stereocenters. The zero-order chi connectivity index (χ0) is 24.6. The van der Waals surface area contributed by atoms with Crippen LogP contribution in [0.2, 0.25) is 0 Å². The number of rotatable bonds is 6. The van der Waals surface area contributed by atoms with Gasteiger partial charge in [-0.15, -0.1) is 0 Å². The molecule has 4 saturated carbocycles. The maximum absolute atomic E-state index is 12.9. The summed E-state index contributed by atoms with van der Waals surface area (Å²) in [5, 5.41) is 5.36. The predicted octanol–water partition coefficient (Wildman–Crippen LogP) is 4.18. The molecule has 2 aromatic carbocycles. The third kappa shape index (κ3) is 4.99. The second kappa shape index (κ2) is 9.29. The fourth-order valence-corrected chi connectivity index (χ4v) is 6.63. The first-order valence-electron chi connectivity index (χ1n) is 12.3. The minimum absolute atomic E-state index is 0.0730. The van der Waals surface area contributed by atoms with Crippen LogP contribution in [0.5, 0.6) is 0 Å².